The molecule has 14 heavy (non-hydrogen) atoms. The average Bonchev–Trinajstić information content (AvgIpc) is 2.57. The maximum atomic E-state index is 11.6. The fraction of sp³-hybridized carbons (Fsp3) is 0.667. The van der Waals surface area contributed by atoms with E-state index in [0.29, 0.717) is 13.1 Å². The summed E-state index contributed by atoms with van der Waals surface area (Å²) in [5.41, 5.74) is 0. The van der Waals surface area contributed by atoms with E-state index < -0.39 is 10.2 Å². The van der Waals surface area contributed by atoms with Gasteiger partial charge < -0.3 is 0 Å². The second kappa shape index (κ2) is 4.38. The third kappa shape index (κ3) is 2.42. The van der Waals surface area contributed by atoms with Gasteiger partial charge in [0, 0.05) is 13.1 Å². The molecule has 1 heterocycles. The number of hydrogen-bond acceptors (Lipinski definition) is 4. The number of rotatable bonds is 5. The summed E-state index contributed by atoms with van der Waals surface area (Å²) in [5, 5.41) is 5.95. The van der Waals surface area contributed by atoms with Crippen LogP contribution < -0.4 is 4.72 Å². The summed E-state index contributed by atoms with van der Waals surface area (Å²) in [5.74, 6) is 0.122. The van der Waals surface area contributed by atoms with Gasteiger partial charge in [-0.2, -0.15) is 22.8 Å². The Kier molecular flexibility index (Phi) is 3.42. The third-order valence-corrected chi connectivity index (χ3v) is 3.33. The standard InChI is InChI=1S/C6H13N5O2S/c1-3-11(4-2)14(12,13)10-6-7-5-8-9-6/h5H,3-4H2,1-2H3,(H2,7,8,9,10). The largest absolute Gasteiger partial charge is 0.303 e. The molecule has 0 atom stereocenters. The van der Waals surface area contributed by atoms with Gasteiger partial charge in [0.25, 0.3) is 0 Å². The van der Waals surface area contributed by atoms with Gasteiger partial charge in [0.15, 0.2) is 0 Å². The molecule has 0 fully saturated rings. The number of anilines is 1. The molecule has 7 nitrogen and oxygen atoms in total. The van der Waals surface area contributed by atoms with Gasteiger partial charge in [-0.05, 0) is 0 Å². The van der Waals surface area contributed by atoms with Gasteiger partial charge in [-0.3, -0.25) is 0 Å². The van der Waals surface area contributed by atoms with E-state index in [0.717, 1.165) is 0 Å². The van der Waals surface area contributed by atoms with Crippen LogP contribution in [0.5, 0.6) is 0 Å². The molecule has 1 aromatic heterocycles. The van der Waals surface area contributed by atoms with Gasteiger partial charge in [-0.1, -0.05) is 13.8 Å². The van der Waals surface area contributed by atoms with E-state index in [9.17, 15) is 8.42 Å². The lowest BCUT2D eigenvalue weighted by atomic mass is 10.7. The first-order valence-electron chi connectivity index (χ1n) is 4.23. The lowest BCUT2D eigenvalue weighted by molar-refractivity contribution is 0.449. The highest BCUT2D eigenvalue weighted by Crippen LogP contribution is 2.03. The van der Waals surface area contributed by atoms with Crippen molar-refractivity contribution in [2.24, 2.45) is 0 Å². The molecule has 1 aromatic rings. The first-order chi connectivity index (χ1) is 6.60. The summed E-state index contributed by atoms with van der Waals surface area (Å²) < 4.78 is 26.7. The minimum Gasteiger partial charge on any atom is -0.245 e. The summed E-state index contributed by atoms with van der Waals surface area (Å²) in [6, 6.07) is 0. The summed E-state index contributed by atoms with van der Waals surface area (Å²) in [7, 11) is -3.50. The van der Waals surface area contributed by atoms with Crippen LogP contribution in [0.15, 0.2) is 6.33 Å². The average molecular weight is 219 g/mol. The fourth-order valence-corrected chi connectivity index (χ4v) is 2.16. The Morgan fingerprint density at radius 1 is 1.50 bits per heavy atom. The normalized spacial score (nSPS) is 11.9. The van der Waals surface area contributed by atoms with Gasteiger partial charge in [0.1, 0.15) is 6.33 Å². The highest BCUT2D eigenvalue weighted by Gasteiger charge is 2.19. The minimum atomic E-state index is -3.50. The topological polar surface area (TPSA) is 91.0 Å². The Labute approximate surface area is 82.7 Å². The molecule has 0 radical (unpaired) electrons. The maximum absolute atomic E-state index is 11.6. The van der Waals surface area contributed by atoms with Crippen LogP contribution in [0.3, 0.4) is 0 Å². The number of hydrogen-bond donors (Lipinski definition) is 2. The van der Waals surface area contributed by atoms with E-state index in [1.54, 1.807) is 13.8 Å². The van der Waals surface area contributed by atoms with Crippen LogP contribution in [0.1, 0.15) is 13.8 Å². The Morgan fingerprint density at radius 2 is 2.14 bits per heavy atom. The second-order valence-electron chi connectivity index (χ2n) is 2.53. The lowest BCUT2D eigenvalue weighted by Crippen LogP contribution is -2.35. The van der Waals surface area contributed by atoms with Crippen molar-refractivity contribution < 1.29 is 8.42 Å². The molecular formula is C6H13N5O2S. The number of H-pyrrole nitrogens is 1. The molecule has 0 saturated heterocycles. The van der Waals surface area contributed by atoms with Crippen molar-refractivity contribution in [3.8, 4) is 0 Å². The van der Waals surface area contributed by atoms with Gasteiger partial charge in [0.05, 0.1) is 0 Å². The summed E-state index contributed by atoms with van der Waals surface area (Å²) >= 11 is 0. The van der Waals surface area contributed by atoms with Gasteiger partial charge in [0.2, 0.25) is 5.95 Å². The van der Waals surface area contributed by atoms with Crippen LogP contribution in [0, 0.1) is 0 Å². The smallest absolute Gasteiger partial charge is 0.245 e. The Balaban J connectivity index is 2.76. The van der Waals surface area contributed by atoms with E-state index in [1.807, 2.05) is 0 Å². The Morgan fingerprint density at radius 3 is 2.57 bits per heavy atom. The molecule has 0 aromatic carbocycles. The maximum Gasteiger partial charge on any atom is 0.303 e. The molecule has 0 unspecified atom stereocenters. The number of aromatic nitrogens is 3. The van der Waals surface area contributed by atoms with Crippen molar-refractivity contribution in [1.29, 1.82) is 0 Å². The van der Waals surface area contributed by atoms with Crippen molar-refractivity contribution in [1.82, 2.24) is 19.5 Å². The molecule has 0 bridgehead atoms. The number of nitrogens with one attached hydrogen (secondary N) is 2. The van der Waals surface area contributed by atoms with Crippen LogP contribution in [0.4, 0.5) is 5.95 Å². The van der Waals surface area contributed by atoms with Crippen LogP contribution in [0.2, 0.25) is 0 Å². The SMILES string of the molecule is CCN(CC)S(=O)(=O)Nc1ncn[nH]1. The van der Waals surface area contributed by atoms with E-state index >= 15 is 0 Å². The van der Waals surface area contributed by atoms with Gasteiger partial charge in [-0.15, -0.1) is 0 Å². The highest BCUT2D eigenvalue weighted by atomic mass is 32.2. The molecule has 8 heteroatoms. The Bertz CT molecular complexity index is 356. The quantitative estimate of drug-likeness (QED) is 0.717. The zero-order valence-electron chi connectivity index (χ0n) is 8.06. The summed E-state index contributed by atoms with van der Waals surface area (Å²) in [6.45, 7) is 4.37. The van der Waals surface area contributed by atoms with Crippen LogP contribution in [0.25, 0.3) is 0 Å². The molecule has 0 amide bonds. The van der Waals surface area contributed by atoms with E-state index in [-0.39, 0.29) is 5.95 Å². The first kappa shape index (κ1) is 10.9. The minimum absolute atomic E-state index is 0.122. The van der Waals surface area contributed by atoms with Crippen molar-refractivity contribution in [2.75, 3.05) is 17.8 Å². The van der Waals surface area contributed by atoms with Crippen LogP contribution in [-0.2, 0) is 10.2 Å². The fourth-order valence-electron chi connectivity index (χ4n) is 1.00. The van der Waals surface area contributed by atoms with Gasteiger partial charge >= 0.3 is 10.2 Å². The number of aromatic amines is 1. The van der Waals surface area contributed by atoms with E-state index in [1.165, 1.54) is 10.6 Å². The van der Waals surface area contributed by atoms with E-state index in [4.69, 9.17) is 0 Å². The highest BCUT2D eigenvalue weighted by molar-refractivity contribution is 7.90. The second-order valence-corrected chi connectivity index (χ2v) is 4.20. The van der Waals surface area contributed by atoms with Gasteiger partial charge in [-0.25, -0.2) is 9.82 Å². The first-order valence-corrected chi connectivity index (χ1v) is 5.67. The predicted octanol–water partition coefficient (Wildman–Crippen LogP) is -0.197. The Hall–Kier alpha value is -1.15. The van der Waals surface area contributed by atoms with Crippen LogP contribution >= 0.6 is 0 Å². The molecule has 0 aliphatic heterocycles. The van der Waals surface area contributed by atoms with E-state index in [2.05, 4.69) is 19.9 Å². The van der Waals surface area contributed by atoms with Crippen LogP contribution in [-0.4, -0.2) is 41.0 Å². The molecule has 80 valence electrons. The molecule has 0 saturated carbocycles. The third-order valence-electron chi connectivity index (χ3n) is 1.69. The van der Waals surface area contributed by atoms with Crippen molar-refractivity contribution in [3.63, 3.8) is 0 Å². The monoisotopic (exact) mass is 219 g/mol. The molecule has 1 rings (SSSR count). The number of nitrogens with zero attached hydrogens (tertiary/aromatic N) is 3. The zero-order chi connectivity index (χ0) is 10.6. The van der Waals surface area contributed by atoms with Crippen molar-refractivity contribution >= 4 is 16.2 Å². The lowest BCUT2D eigenvalue weighted by Gasteiger charge is -2.17. The summed E-state index contributed by atoms with van der Waals surface area (Å²) in [4.78, 5) is 3.67. The summed E-state index contributed by atoms with van der Waals surface area (Å²) in [6.07, 6.45) is 1.24. The predicted molar refractivity (Wildman–Crippen MR) is 51.8 cm³/mol. The molecule has 0 spiro atoms. The van der Waals surface area contributed by atoms with Crippen molar-refractivity contribution in [2.45, 2.75) is 13.8 Å². The zero-order valence-corrected chi connectivity index (χ0v) is 8.87. The molecule has 0 aliphatic carbocycles. The molecule has 2 N–H and O–H groups in total. The molecular weight excluding hydrogens is 206 g/mol. The molecule has 0 aliphatic rings. The van der Waals surface area contributed by atoms with Crippen molar-refractivity contribution in [3.05, 3.63) is 6.33 Å².